The van der Waals surface area contributed by atoms with Crippen LogP contribution >= 0.6 is 11.8 Å². The fraction of sp³-hybridized carbons (Fsp3) is 0.316. The maximum Gasteiger partial charge on any atom is 0.246 e. The molecule has 6 nitrogen and oxygen atoms in total. The van der Waals surface area contributed by atoms with Crippen molar-refractivity contribution in [2.45, 2.75) is 17.6 Å². The van der Waals surface area contributed by atoms with Crippen LogP contribution in [0.1, 0.15) is 11.1 Å². The molecule has 8 heteroatoms. The van der Waals surface area contributed by atoms with Gasteiger partial charge >= 0.3 is 0 Å². The Hall–Kier alpha value is -2.03. The molecule has 0 spiro atoms. The molecule has 1 amide bonds. The number of aryl methyl sites for hydroxylation is 1. The normalized spacial score (nSPS) is 11.4. The van der Waals surface area contributed by atoms with Gasteiger partial charge < -0.3 is 10.1 Å². The van der Waals surface area contributed by atoms with Crippen LogP contribution in [0.15, 0.2) is 47.4 Å². The molecule has 2 rings (SSSR count). The van der Waals surface area contributed by atoms with Gasteiger partial charge in [0.05, 0.1) is 12.9 Å². The smallest absolute Gasteiger partial charge is 0.246 e. The van der Waals surface area contributed by atoms with Crippen LogP contribution in [0.2, 0.25) is 0 Å². The van der Waals surface area contributed by atoms with Crippen molar-refractivity contribution in [2.24, 2.45) is 0 Å². The van der Waals surface area contributed by atoms with Gasteiger partial charge in [-0.1, -0.05) is 29.8 Å². The van der Waals surface area contributed by atoms with Crippen LogP contribution in [0.25, 0.3) is 0 Å². The van der Waals surface area contributed by atoms with Crippen molar-refractivity contribution in [3.63, 3.8) is 0 Å². The first-order valence-corrected chi connectivity index (χ1v) is 10.9. The van der Waals surface area contributed by atoms with E-state index >= 15 is 0 Å². The summed E-state index contributed by atoms with van der Waals surface area (Å²) in [7, 11) is 0.616. The number of nitrogens with zero attached hydrogens (tertiary/aromatic N) is 1. The molecule has 1 N–H and O–H groups in total. The highest BCUT2D eigenvalue weighted by Crippen LogP contribution is 2.29. The molecule has 0 radical (unpaired) electrons. The zero-order chi connectivity index (χ0) is 20.0. The van der Waals surface area contributed by atoms with E-state index in [0.29, 0.717) is 5.69 Å². The number of anilines is 1. The highest BCUT2D eigenvalue weighted by molar-refractivity contribution is 7.99. The molecule has 0 saturated heterocycles. The lowest BCUT2D eigenvalue weighted by atomic mass is 10.2. The molecule has 0 fully saturated rings. The predicted molar refractivity (Wildman–Crippen MR) is 110 cm³/mol. The second kappa shape index (κ2) is 9.25. The van der Waals surface area contributed by atoms with E-state index in [-0.39, 0.29) is 22.3 Å². The quantitative estimate of drug-likeness (QED) is 0.726. The maximum absolute atomic E-state index is 12.4. The van der Waals surface area contributed by atoms with Gasteiger partial charge in [-0.2, -0.15) is 0 Å². The molecule has 0 unspecified atom stereocenters. The van der Waals surface area contributed by atoms with Crippen LogP contribution in [-0.4, -0.2) is 45.6 Å². The minimum atomic E-state index is -3.68. The van der Waals surface area contributed by atoms with Crippen LogP contribution < -0.4 is 10.1 Å². The Balaban J connectivity index is 2.02. The SMILES string of the molecule is COc1ccc(NC(=O)CSCc2ccc(C)cc2)cc1S(=O)(=O)N(C)C. The van der Waals surface area contributed by atoms with Crippen LogP contribution in [0, 0.1) is 6.92 Å². The number of carbonyl (C=O) groups is 1. The maximum atomic E-state index is 12.4. The molecule has 0 aliphatic rings. The fourth-order valence-electron chi connectivity index (χ4n) is 2.30. The van der Waals surface area contributed by atoms with E-state index < -0.39 is 10.0 Å². The molecule has 27 heavy (non-hydrogen) atoms. The standard InChI is InChI=1S/C19H24N2O4S2/c1-14-5-7-15(8-6-14)12-26-13-19(22)20-16-9-10-17(25-4)18(11-16)27(23,24)21(2)3/h5-11H,12-13H2,1-4H3,(H,20,22). The van der Waals surface area contributed by atoms with E-state index in [0.717, 1.165) is 15.6 Å². The zero-order valence-electron chi connectivity index (χ0n) is 15.9. The van der Waals surface area contributed by atoms with Crippen LogP contribution in [0.4, 0.5) is 5.69 Å². The van der Waals surface area contributed by atoms with Crippen molar-refractivity contribution in [3.05, 3.63) is 53.6 Å². The molecule has 146 valence electrons. The summed E-state index contributed by atoms with van der Waals surface area (Å²) in [6.07, 6.45) is 0. The summed E-state index contributed by atoms with van der Waals surface area (Å²) in [6.45, 7) is 2.03. The number of methoxy groups -OCH3 is 1. The Morgan fingerprint density at radius 1 is 1.15 bits per heavy atom. The highest BCUT2D eigenvalue weighted by Gasteiger charge is 2.23. The lowest BCUT2D eigenvalue weighted by molar-refractivity contribution is -0.113. The second-order valence-electron chi connectivity index (χ2n) is 6.18. The lowest BCUT2D eigenvalue weighted by Crippen LogP contribution is -2.23. The van der Waals surface area contributed by atoms with Gasteiger partial charge in [0.1, 0.15) is 10.6 Å². The zero-order valence-corrected chi connectivity index (χ0v) is 17.5. The monoisotopic (exact) mass is 408 g/mol. The largest absolute Gasteiger partial charge is 0.495 e. The number of amides is 1. The molecule has 2 aromatic rings. The van der Waals surface area contributed by atoms with Crippen molar-refractivity contribution >= 4 is 33.4 Å². The molecule has 0 aliphatic heterocycles. The summed E-state index contributed by atoms with van der Waals surface area (Å²) in [5.74, 6) is 1.05. The molecular weight excluding hydrogens is 384 g/mol. The Labute approximate surface area is 165 Å². The van der Waals surface area contributed by atoms with Crippen molar-refractivity contribution in [3.8, 4) is 5.75 Å². The first-order valence-electron chi connectivity index (χ1n) is 8.27. The number of ether oxygens (including phenoxy) is 1. The number of rotatable bonds is 8. The summed E-state index contributed by atoms with van der Waals surface area (Å²) < 4.78 is 31.1. The van der Waals surface area contributed by atoms with E-state index in [1.165, 1.54) is 50.7 Å². The molecule has 0 aliphatic carbocycles. The number of nitrogens with one attached hydrogen (secondary N) is 1. The number of thioether (sulfide) groups is 1. The van der Waals surface area contributed by atoms with Gasteiger partial charge in [-0.15, -0.1) is 11.8 Å². The molecule has 0 saturated carbocycles. The van der Waals surface area contributed by atoms with Gasteiger partial charge in [0.15, 0.2) is 0 Å². The molecule has 0 bridgehead atoms. The van der Waals surface area contributed by atoms with Gasteiger partial charge in [-0.3, -0.25) is 4.79 Å². The van der Waals surface area contributed by atoms with Gasteiger partial charge in [-0.25, -0.2) is 12.7 Å². The first kappa shape index (κ1) is 21.3. The Morgan fingerprint density at radius 2 is 1.81 bits per heavy atom. The summed E-state index contributed by atoms with van der Waals surface area (Å²) in [5.41, 5.74) is 2.77. The molecule has 0 atom stereocenters. The summed E-state index contributed by atoms with van der Waals surface area (Å²) >= 11 is 1.50. The third-order valence-corrected chi connectivity index (χ3v) is 6.67. The van der Waals surface area contributed by atoms with Crippen LogP contribution in [0.5, 0.6) is 5.75 Å². The molecule has 2 aromatic carbocycles. The lowest BCUT2D eigenvalue weighted by Gasteiger charge is -2.16. The minimum Gasteiger partial charge on any atom is -0.495 e. The van der Waals surface area contributed by atoms with Crippen LogP contribution in [0.3, 0.4) is 0 Å². The summed E-state index contributed by atoms with van der Waals surface area (Å²) in [5, 5.41) is 2.74. The van der Waals surface area contributed by atoms with Crippen molar-refractivity contribution < 1.29 is 17.9 Å². The van der Waals surface area contributed by atoms with Crippen molar-refractivity contribution in [2.75, 3.05) is 32.3 Å². The Bertz CT molecular complexity index is 894. The summed E-state index contributed by atoms with van der Waals surface area (Å²) in [6, 6.07) is 12.7. The van der Waals surface area contributed by atoms with Gasteiger partial charge in [0.25, 0.3) is 0 Å². The number of benzene rings is 2. The van der Waals surface area contributed by atoms with Crippen LogP contribution in [-0.2, 0) is 20.6 Å². The first-order chi connectivity index (χ1) is 12.7. The number of hydrogen-bond acceptors (Lipinski definition) is 5. The highest BCUT2D eigenvalue weighted by atomic mass is 32.2. The van der Waals surface area contributed by atoms with E-state index in [1.54, 1.807) is 6.07 Å². The number of hydrogen-bond donors (Lipinski definition) is 1. The second-order valence-corrected chi connectivity index (χ2v) is 9.29. The molecular formula is C19H24N2O4S2. The van der Waals surface area contributed by atoms with Gasteiger partial charge in [0.2, 0.25) is 15.9 Å². The third-order valence-electron chi connectivity index (χ3n) is 3.83. The average molecular weight is 409 g/mol. The van der Waals surface area contributed by atoms with Crippen molar-refractivity contribution in [1.29, 1.82) is 0 Å². The molecule has 0 heterocycles. The van der Waals surface area contributed by atoms with Gasteiger partial charge in [0, 0.05) is 25.5 Å². The van der Waals surface area contributed by atoms with E-state index in [9.17, 15) is 13.2 Å². The predicted octanol–water partition coefficient (Wildman–Crippen LogP) is 3.13. The number of carbonyl (C=O) groups excluding carboxylic acids is 1. The Kier molecular flexibility index (Phi) is 7.29. The van der Waals surface area contributed by atoms with Gasteiger partial charge in [-0.05, 0) is 30.7 Å². The molecule has 0 aromatic heterocycles. The van der Waals surface area contributed by atoms with E-state index in [1.807, 2.05) is 31.2 Å². The van der Waals surface area contributed by atoms with E-state index in [2.05, 4.69) is 5.32 Å². The Morgan fingerprint density at radius 3 is 2.41 bits per heavy atom. The van der Waals surface area contributed by atoms with Crippen molar-refractivity contribution in [1.82, 2.24) is 4.31 Å². The minimum absolute atomic E-state index is 0.0140. The summed E-state index contributed by atoms with van der Waals surface area (Å²) in [4.78, 5) is 12.2. The number of sulfonamides is 1. The topological polar surface area (TPSA) is 75.7 Å². The third kappa shape index (κ3) is 5.72. The average Bonchev–Trinajstić information content (AvgIpc) is 2.63. The van der Waals surface area contributed by atoms with E-state index in [4.69, 9.17) is 4.74 Å². The fourth-order valence-corrected chi connectivity index (χ4v) is 4.16.